The maximum absolute atomic E-state index is 12.1. The Bertz CT molecular complexity index is 598. The molecule has 0 atom stereocenters. The molecule has 100 valence electrons. The number of rotatable bonds is 4. The molecule has 1 fully saturated rings. The summed E-state index contributed by atoms with van der Waals surface area (Å²) >= 11 is 0. The average Bonchev–Trinajstić information content (AvgIpc) is 3.00. The summed E-state index contributed by atoms with van der Waals surface area (Å²) in [4.78, 5) is 17.9. The highest BCUT2D eigenvalue weighted by Gasteiger charge is 2.30. The van der Waals surface area contributed by atoms with Gasteiger partial charge in [-0.05, 0) is 25.8 Å². The molecule has 1 saturated carbocycles. The molecule has 2 aromatic heterocycles. The van der Waals surface area contributed by atoms with Crippen LogP contribution in [0, 0.1) is 6.92 Å². The minimum absolute atomic E-state index is 0.180. The number of furan rings is 1. The van der Waals surface area contributed by atoms with Crippen LogP contribution in [-0.2, 0) is 6.54 Å². The molecule has 1 aliphatic carbocycles. The lowest BCUT2D eigenvalue weighted by atomic mass is 10.2. The van der Waals surface area contributed by atoms with Gasteiger partial charge in [0.25, 0.3) is 5.91 Å². The fourth-order valence-corrected chi connectivity index (χ4v) is 1.88. The van der Waals surface area contributed by atoms with Crippen LogP contribution in [0.2, 0.25) is 0 Å². The molecule has 0 radical (unpaired) electrons. The third-order valence-corrected chi connectivity index (χ3v) is 3.19. The molecule has 6 nitrogen and oxygen atoms in total. The Labute approximate surface area is 110 Å². The summed E-state index contributed by atoms with van der Waals surface area (Å²) in [5.74, 6) is 1.82. The second-order valence-corrected chi connectivity index (χ2v) is 4.92. The first-order chi connectivity index (χ1) is 9.15. The summed E-state index contributed by atoms with van der Waals surface area (Å²) in [7, 11) is 1.69. The second-order valence-electron chi connectivity index (χ2n) is 4.92. The number of nitrogens with zero attached hydrogens (tertiary/aromatic N) is 3. The van der Waals surface area contributed by atoms with Gasteiger partial charge in [0.2, 0.25) is 5.89 Å². The van der Waals surface area contributed by atoms with E-state index < -0.39 is 0 Å². The Morgan fingerprint density at radius 3 is 2.95 bits per heavy atom. The summed E-state index contributed by atoms with van der Waals surface area (Å²) in [6.07, 6.45) is 3.74. The molecular weight excluding hydrogens is 246 g/mol. The fourth-order valence-electron chi connectivity index (χ4n) is 1.88. The number of carbonyl (C=O) groups is 1. The molecule has 1 amide bonds. The summed E-state index contributed by atoms with van der Waals surface area (Å²) in [5.41, 5.74) is 0.823. The largest absolute Gasteiger partial charge is 0.459 e. The quantitative estimate of drug-likeness (QED) is 0.842. The highest BCUT2D eigenvalue weighted by Crippen LogP contribution is 2.38. The lowest BCUT2D eigenvalue weighted by Gasteiger charge is -2.13. The van der Waals surface area contributed by atoms with Gasteiger partial charge in [-0.3, -0.25) is 4.79 Å². The molecule has 2 aromatic rings. The van der Waals surface area contributed by atoms with Gasteiger partial charge in [0.05, 0.1) is 12.8 Å². The van der Waals surface area contributed by atoms with Gasteiger partial charge in [-0.15, -0.1) is 0 Å². The third-order valence-electron chi connectivity index (χ3n) is 3.19. The van der Waals surface area contributed by atoms with Crippen molar-refractivity contribution in [3.63, 3.8) is 0 Å². The lowest BCUT2D eigenvalue weighted by molar-refractivity contribution is 0.0748. The van der Waals surface area contributed by atoms with Crippen molar-refractivity contribution in [2.24, 2.45) is 0 Å². The molecule has 0 saturated heterocycles. The average molecular weight is 261 g/mol. The van der Waals surface area contributed by atoms with E-state index in [1.165, 1.54) is 11.2 Å². The maximum Gasteiger partial charge on any atom is 0.289 e. The van der Waals surface area contributed by atoms with Crippen molar-refractivity contribution in [1.29, 1.82) is 0 Å². The van der Waals surface area contributed by atoms with Crippen molar-refractivity contribution in [2.75, 3.05) is 7.05 Å². The molecule has 0 unspecified atom stereocenters. The van der Waals surface area contributed by atoms with E-state index in [2.05, 4.69) is 10.1 Å². The van der Waals surface area contributed by atoms with E-state index in [1.807, 2.05) is 6.92 Å². The summed E-state index contributed by atoms with van der Waals surface area (Å²) in [6, 6.07) is 1.76. The molecule has 0 aromatic carbocycles. The van der Waals surface area contributed by atoms with Crippen molar-refractivity contribution in [3.8, 4) is 0 Å². The minimum Gasteiger partial charge on any atom is -0.459 e. The molecule has 0 N–H and O–H groups in total. The van der Waals surface area contributed by atoms with Gasteiger partial charge in [0.1, 0.15) is 0 Å². The number of hydrogen-bond acceptors (Lipinski definition) is 5. The van der Waals surface area contributed by atoms with Gasteiger partial charge in [-0.25, -0.2) is 0 Å². The van der Waals surface area contributed by atoms with E-state index in [1.54, 1.807) is 13.1 Å². The van der Waals surface area contributed by atoms with Crippen LogP contribution in [0.5, 0.6) is 0 Å². The van der Waals surface area contributed by atoms with Crippen LogP contribution in [0.25, 0.3) is 0 Å². The number of aryl methyl sites for hydroxylation is 1. The van der Waals surface area contributed by atoms with Crippen molar-refractivity contribution < 1.29 is 13.7 Å². The Balaban J connectivity index is 1.68. The zero-order valence-electron chi connectivity index (χ0n) is 10.9. The van der Waals surface area contributed by atoms with E-state index in [4.69, 9.17) is 8.94 Å². The highest BCUT2D eigenvalue weighted by atomic mass is 16.5. The first-order valence-corrected chi connectivity index (χ1v) is 6.27. The topological polar surface area (TPSA) is 72.4 Å². The number of carbonyl (C=O) groups excluding carboxylic acids is 1. The van der Waals surface area contributed by atoms with Crippen molar-refractivity contribution >= 4 is 5.91 Å². The Kier molecular flexibility index (Phi) is 2.85. The van der Waals surface area contributed by atoms with Crippen LogP contribution in [0.4, 0.5) is 0 Å². The van der Waals surface area contributed by atoms with E-state index in [-0.39, 0.29) is 5.91 Å². The van der Waals surface area contributed by atoms with Gasteiger partial charge in [0, 0.05) is 18.5 Å². The molecule has 0 spiro atoms. The summed E-state index contributed by atoms with van der Waals surface area (Å²) in [6.45, 7) is 2.15. The van der Waals surface area contributed by atoms with Gasteiger partial charge >= 0.3 is 0 Å². The summed E-state index contributed by atoms with van der Waals surface area (Å²) < 4.78 is 10.3. The third kappa shape index (κ3) is 2.38. The van der Waals surface area contributed by atoms with Crippen LogP contribution in [-0.4, -0.2) is 28.0 Å². The first-order valence-electron chi connectivity index (χ1n) is 6.27. The van der Waals surface area contributed by atoms with Crippen LogP contribution in [0.3, 0.4) is 0 Å². The zero-order chi connectivity index (χ0) is 13.4. The maximum atomic E-state index is 12.1. The van der Waals surface area contributed by atoms with E-state index in [0.717, 1.165) is 18.4 Å². The van der Waals surface area contributed by atoms with Crippen LogP contribution in [0.1, 0.15) is 46.6 Å². The fraction of sp³-hybridized carbons (Fsp3) is 0.462. The molecule has 0 aliphatic heterocycles. The van der Waals surface area contributed by atoms with Crippen LogP contribution in [0.15, 0.2) is 21.3 Å². The highest BCUT2D eigenvalue weighted by molar-refractivity contribution is 5.92. The van der Waals surface area contributed by atoms with E-state index in [0.29, 0.717) is 29.9 Å². The number of hydrogen-bond donors (Lipinski definition) is 0. The van der Waals surface area contributed by atoms with E-state index in [9.17, 15) is 4.79 Å². The zero-order valence-corrected chi connectivity index (χ0v) is 10.9. The Morgan fingerprint density at radius 2 is 2.32 bits per heavy atom. The Morgan fingerprint density at radius 1 is 1.53 bits per heavy atom. The second kappa shape index (κ2) is 4.53. The number of aromatic nitrogens is 2. The van der Waals surface area contributed by atoms with Crippen molar-refractivity contribution in [3.05, 3.63) is 35.4 Å². The molecule has 1 aliphatic rings. The standard InChI is InChI=1S/C13H15N3O3/c1-8-5-6-18-11(8)13(17)16(2)7-10-14-12(19-15-10)9-3-4-9/h5-6,9H,3-4,7H2,1-2H3. The minimum atomic E-state index is -0.180. The van der Waals surface area contributed by atoms with Gasteiger partial charge in [0.15, 0.2) is 11.6 Å². The van der Waals surface area contributed by atoms with Gasteiger partial charge in [-0.1, -0.05) is 5.16 Å². The van der Waals surface area contributed by atoms with Crippen molar-refractivity contribution in [2.45, 2.75) is 32.2 Å². The predicted octanol–water partition coefficient (Wildman–Crippen LogP) is 2.12. The van der Waals surface area contributed by atoms with Crippen LogP contribution < -0.4 is 0 Å². The first kappa shape index (κ1) is 12.0. The smallest absolute Gasteiger partial charge is 0.289 e. The molecular formula is C13H15N3O3. The summed E-state index contributed by atoms with van der Waals surface area (Å²) in [5, 5.41) is 3.89. The predicted molar refractivity (Wildman–Crippen MR) is 65.5 cm³/mol. The monoisotopic (exact) mass is 261 g/mol. The van der Waals surface area contributed by atoms with Gasteiger partial charge < -0.3 is 13.8 Å². The molecule has 2 heterocycles. The Hall–Kier alpha value is -2.11. The lowest BCUT2D eigenvalue weighted by Crippen LogP contribution is -2.26. The van der Waals surface area contributed by atoms with E-state index >= 15 is 0 Å². The van der Waals surface area contributed by atoms with Gasteiger partial charge in [-0.2, -0.15) is 4.98 Å². The van der Waals surface area contributed by atoms with Crippen LogP contribution >= 0.6 is 0 Å². The SMILES string of the molecule is Cc1ccoc1C(=O)N(C)Cc1noc(C2CC2)n1. The molecule has 6 heteroatoms. The van der Waals surface area contributed by atoms with Crippen molar-refractivity contribution in [1.82, 2.24) is 15.0 Å². The molecule has 19 heavy (non-hydrogen) atoms. The number of amides is 1. The molecule has 0 bridgehead atoms. The normalized spacial score (nSPS) is 14.6. The molecule has 3 rings (SSSR count).